The van der Waals surface area contributed by atoms with Gasteiger partial charge in [0.15, 0.2) is 0 Å². The molecule has 0 aliphatic carbocycles. The normalized spacial score (nSPS) is 10.3. The fraction of sp³-hybridized carbons (Fsp3) is 0.200. The van der Waals surface area contributed by atoms with Crippen LogP contribution in [0.15, 0.2) is 41.8 Å². The van der Waals surface area contributed by atoms with Gasteiger partial charge in [0.1, 0.15) is 5.00 Å². The van der Waals surface area contributed by atoms with Crippen LogP contribution in [0.4, 0.5) is 5.00 Å². The summed E-state index contributed by atoms with van der Waals surface area (Å²) in [4.78, 5) is 22.7. The van der Waals surface area contributed by atoms with Gasteiger partial charge in [-0.05, 0) is 29.2 Å². The molecule has 6 heteroatoms. The van der Waals surface area contributed by atoms with Crippen molar-refractivity contribution in [1.82, 2.24) is 0 Å². The lowest BCUT2D eigenvalue weighted by molar-refractivity contribution is -0.113. The number of amides is 1. The molecule has 0 aliphatic rings. The molecular formula is C15H15NO3S2. The van der Waals surface area contributed by atoms with Gasteiger partial charge < -0.3 is 10.4 Å². The number of aryl methyl sites for hydroxylation is 1. The van der Waals surface area contributed by atoms with Crippen molar-refractivity contribution < 1.29 is 14.7 Å². The minimum atomic E-state index is -1.02. The van der Waals surface area contributed by atoms with Gasteiger partial charge in [0.05, 0.1) is 11.3 Å². The maximum atomic E-state index is 11.8. The van der Waals surface area contributed by atoms with E-state index in [1.165, 1.54) is 34.7 Å². The Hall–Kier alpha value is -1.79. The smallest absolute Gasteiger partial charge is 0.338 e. The van der Waals surface area contributed by atoms with E-state index in [9.17, 15) is 9.59 Å². The molecule has 4 nitrogen and oxygen atoms in total. The zero-order valence-corrected chi connectivity index (χ0v) is 12.9. The number of benzene rings is 1. The van der Waals surface area contributed by atoms with E-state index >= 15 is 0 Å². The van der Waals surface area contributed by atoms with Crippen LogP contribution in [0.1, 0.15) is 15.9 Å². The Bertz CT molecular complexity index is 610. The van der Waals surface area contributed by atoms with Crippen LogP contribution in [0.3, 0.4) is 0 Å². The fourth-order valence-electron chi connectivity index (χ4n) is 1.74. The van der Waals surface area contributed by atoms with Gasteiger partial charge in [-0.15, -0.1) is 11.3 Å². The fourth-order valence-corrected chi connectivity index (χ4v) is 3.31. The number of hydrogen-bond donors (Lipinski definition) is 2. The number of carbonyl (C=O) groups is 2. The van der Waals surface area contributed by atoms with Crippen LogP contribution in [0.5, 0.6) is 0 Å². The number of nitrogens with one attached hydrogen (secondary N) is 1. The first-order valence-corrected chi connectivity index (χ1v) is 8.42. The van der Waals surface area contributed by atoms with Gasteiger partial charge in [0.2, 0.25) is 5.91 Å². The molecule has 2 aromatic rings. The Kier molecular flexibility index (Phi) is 5.83. The average molecular weight is 321 g/mol. The summed E-state index contributed by atoms with van der Waals surface area (Å²) in [6, 6.07) is 11.6. The average Bonchev–Trinajstić information content (AvgIpc) is 2.93. The molecule has 0 saturated carbocycles. The first-order chi connectivity index (χ1) is 10.2. The summed E-state index contributed by atoms with van der Waals surface area (Å²) < 4.78 is 0. The number of carboxylic acid groups (broad SMARTS) is 1. The van der Waals surface area contributed by atoms with Crippen LogP contribution in [-0.4, -0.2) is 28.5 Å². The molecular weight excluding hydrogens is 306 g/mol. The molecule has 0 spiro atoms. The number of thiophene rings is 1. The lowest BCUT2D eigenvalue weighted by Crippen LogP contribution is -2.15. The Morgan fingerprint density at radius 1 is 1.19 bits per heavy atom. The highest BCUT2D eigenvalue weighted by Gasteiger charge is 2.13. The van der Waals surface area contributed by atoms with E-state index in [2.05, 4.69) is 17.4 Å². The summed E-state index contributed by atoms with van der Waals surface area (Å²) in [5, 5.41) is 13.7. The number of carboxylic acids is 1. The Morgan fingerprint density at radius 3 is 2.67 bits per heavy atom. The first-order valence-electron chi connectivity index (χ1n) is 6.39. The van der Waals surface area contributed by atoms with Crippen molar-refractivity contribution in [1.29, 1.82) is 0 Å². The van der Waals surface area contributed by atoms with Gasteiger partial charge in [-0.1, -0.05) is 30.3 Å². The molecule has 1 aromatic carbocycles. The second-order valence-corrected chi connectivity index (χ2v) is 6.33. The summed E-state index contributed by atoms with van der Waals surface area (Å²) in [6.45, 7) is 0. The van der Waals surface area contributed by atoms with Crippen LogP contribution < -0.4 is 5.32 Å². The number of hydrogen-bond acceptors (Lipinski definition) is 4. The third-order valence-corrected chi connectivity index (χ3v) is 4.55. The van der Waals surface area contributed by atoms with Crippen molar-refractivity contribution in [2.75, 3.05) is 16.8 Å². The summed E-state index contributed by atoms with van der Waals surface area (Å²) >= 11 is 2.76. The lowest BCUT2D eigenvalue weighted by Gasteiger charge is -2.04. The molecule has 0 saturated heterocycles. The molecule has 21 heavy (non-hydrogen) atoms. The van der Waals surface area contributed by atoms with E-state index in [0.717, 1.165) is 12.2 Å². The summed E-state index contributed by atoms with van der Waals surface area (Å²) in [5.41, 5.74) is 1.39. The predicted molar refractivity (Wildman–Crippen MR) is 87.4 cm³/mol. The third kappa shape index (κ3) is 4.91. The summed E-state index contributed by atoms with van der Waals surface area (Å²) in [7, 11) is 0. The molecule has 110 valence electrons. The van der Waals surface area contributed by atoms with E-state index in [0.29, 0.717) is 10.8 Å². The van der Waals surface area contributed by atoms with Crippen LogP contribution in [0.25, 0.3) is 0 Å². The Balaban J connectivity index is 1.73. The first kappa shape index (κ1) is 15.6. The number of anilines is 1. The van der Waals surface area contributed by atoms with Gasteiger partial charge in [-0.2, -0.15) is 11.8 Å². The monoisotopic (exact) mass is 321 g/mol. The SMILES string of the molecule is O=C(CSCCc1ccccc1)Nc1sccc1C(=O)O. The molecule has 1 heterocycles. The van der Waals surface area contributed by atoms with E-state index in [1.807, 2.05) is 18.2 Å². The largest absolute Gasteiger partial charge is 0.478 e. The quantitative estimate of drug-likeness (QED) is 0.767. The second-order valence-electron chi connectivity index (χ2n) is 4.30. The Labute approximate surface area is 131 Å². The zero-order chi connectivity index (χ0) is 15.1. The molecule has 0 atom stereocenters. The van der Waals surface area contributed by atoms with Crippen molar-refractivity contribution in [3.63, 3.8) is 0 Å². The maximum absolute atomic E-state index is 11.8. The third-order valence-electron chi connectivity index (χ3n) is 2.76. The van der Waals surface area contributed by atoms with E-state index in [1.54, 1.807) is 5.38 Å². The van der Waals surface area contributed by atoms with Gasteiger partial charge >= 0.3 is 5.97 Å². The van der Waals surface area contributed by atoms with Crippen molar-refractivity contribution in [2.45, 2.75) is 6.42 Å². The molecule has 0 fully saturated rings. The summed E-state index contributed by atoms with van der Waals surface area (Å²) in [6.07, 6.45) is 0.915. The molecule has 1 amide bonds. The van der Waals surface area contributed by atoms with E-state index in [4.69, 9.17) is 5.11 Å². The summed E-state index contributed by atoms with van der Waals surface area (Å²) in [5.74, 6) is -0.0152. The van der Waals surface area contributed by atoms with Gasteiger partial charge in [-0.3, -0.25) is 4.79 Å². The molecule has 2 rings (SSSR count). The van der Waals surface area contributed by atoms with Crippen LogP contribution in [-0.2, 0) is 11.2 Å². The molecule has 0 unspecified atom stereocenters. The van der Waals surface area contributed by atoms with Gasteiger partial charge in [0.25, 0.3) is 0 Å². The number of aromatic carboxylic acids is 1. The molecule has 0 radical (unpaired) electrons. The van der Waals surface area contributed by atoms with Crippen molar-refractivity contribution in [2.24, 2.45) is 0 Å². The lowest BCUT2D eigenvalue weighted by atomic mass is 10.2. The Morgan fingerprint density at radius 2 is 1.95 bits per heavy atom. The van der Waals surface area contributed by atoms with Gasteiger partial charge in [0, 0.05) is 0 Å². The standard InChI is InChI=1S/C15H15NO3S2/c17-13(16-14-12(15(18)19)7-9-21-14)10-20-8-6-11-4-2-1-3-5-11/h1-5,7,9H,6,8,10H2,(H,16,17)(H,18,19). The number of rotatable bonds is 7. The maximum Gasteiger partial charge on any atom is 0.338 e. The van der Waals surface area contributed by atoms with Crippen molar-refractivity contribution in [3.05, 3.63) is 52.9 Å². The molecule has 0 aliphatic heterocycles. The number of carbonyl (C=O) groups excluding carboxylic acids is 1. The highest BCUT2D eigenvalue weighted by atomic mass is 32.2. The van der Waals surface area contributed by atoms with Gasteiger partial charge in [-0.25, -0.2) is 4.79 Å². The van der Waals surface area contributed by atoms with E-state index < -0.39 is 5.97 Å². The van der Waals surface area contributed by atoms with Crippen molar-refractivity contribution in [3.8, 4) is 0 Å². The topological polar surface area (TPSA) is 66.4 Å². The highest BCUT2D eigenvalue weighted by Crippen LogP contribution is 2.23. The zero-order valence-electron chi connectivity index (χ0n) is 11.2. The predicted octanol–water partition coefficient (Wildman–Crippen LogP) is 3.36. The van der Waals surface area contributed by atoms with Crippen LogP contribution in [0, 0.1) is 0 Å². The molecule has 2 N–H and O–H groups in total. The van der Waals surface area contributed by atoms with Crippen molar-refractivity contribution >= 4 is 40.0 Å². The molecule has 1 aromatic heterocycles. The molecule has 0 bridgehead atoms. The minimum absolute atomic E-state index is 0.141. The van der Waals surface area contributed by atoms with Crippen LogP contribution in [0.2, 0.25) is 0 Å². The second kappa shape index (κ2) is 7.85. The minimum Gasteiger partial charge on any atom is -0.478 e. The van der Waals surface area contributed by atoms with E-state index in [-0.39, 0.29) is 11.5 Å². The highest BCUT2D eigenvalue weighted by molar-refractivity contribution is 7.99. The van der Waals surface area contributed by atoms with Crippen LogP contribution >= 0.6 is 23.1 Å². The number of thioether (sulfide) groups is 1.